The molecule has 0 radical (unpaired) electrons. The lowest BCUT2D eigenvalue weighted by molar-refractivity contribution is 0.0295. The summed E-state index contributed by atoms with van der Waals surface area (Å²) in [5, 5.41) is 8.93. The van der Waals surface area contributed by atoms with Crippen molar-refractivity contribution < 1.29 is 19.4 Å². The number of benzene rings is 1. The van der Waals surface area contributed by atoms with Gasteiger partial charge in [0.15, 0.2) is 6.29 Å². The van der Waals surface area contributed by atoms with Crippen molar-refractivity contribution in [2.45, 2.75) is 13.0 Å². The van der Waals surface area contributed by atoms with E-state index in [0.717, 1.165) is 0 Å². The maximum absolute atomic E-state index is 11.4. The molecule has 0 fully saturated rings. The third kappa shape index (κ3) is 3.18. The Morgan fingerprint density at radius 2 is 2.20 bits per heavy atom. The summed E-state index contributed by atoms with van der Waals surface area (Å²) in [4.78, 5) is 22.0. The predicted octanol–water partition coefficient (Wildman–Crippen LogP) is 1.04. The molecule has 1 rings (SSSR count). The van der Waals surface area contributed by atoms with E-state index in [9.17, 15) is 9.59 Å². The van der Waals surface area contributed by atoms with Crippen molar-refractivity contribution in [3.05, 3.63) is 35.4 Å². The van der Waals surface area contributed by atoms with Crippen molar-refractivity contribution in [1.82, 2.24) is 0 Å². The van der Waals surface area contributed by atoms with Gasteiger partial charge in [0.2, 0.25) is 0 Å². The van der Waals surface area contributed by atoms with Crippen LogP contribution in [0.2, 0.25) is 0 Å². The van der Waals surface area contributed by atoms with Gasteiger partial charge in [-0.3, -0.25) is 4.79 Å². The Morgan fingerprint density at radius 3 is 2.80 bits per heavy atom. The van der Waals surface area contributed by atoms with Gasteiger partial charge in [0, 0.05) is 5.56 Å². The van der Waals surface area contributed by atoms with E-state index in [4.69, 9.17) is 9.84 Å². The molecule has 15 heavy (non-hydrogen) atoms. The Balaban J connectivity index is 2.77. The lowest BCUT2D eigenvalue weighted by Gasteiger charge is -2.07. The highest BCUT2D eigenvalue weighted by Gasteiger charge is 2.12. The highest BCUT2D eigenvalue weighted by molar-refractivity contribution is 5.98. The smallest absolute Gasteiger partial charge is 0.338 e. The number of carbonyl (C=O) groups excluding carboxylic acids is 2. The molecule has 0 saturated carbocycles. The Labute approximate surface area is 87.5 Å². The van der Waals surface area contributed by atoms with Gasteiger partial charge in [-0.05, 0) is 13.0 Å². The summed E-state index contributed by atoms with van der Waals surface area (Å²) in [5.41, 5.74) is 0.501. The number of esters is 1. The molecule has 80 valence electrons. The molecule has 0 bridgehead atoms. The van der Waals surface area contributed by atoms with Crippen molar-refractivity contribution in [3.8, 4) is 0 Å². The van der Waals surface area contributed by atoms with E-state index in [-0.39, 0.29) is 17.7 Å². The van der Waals surface area contributed by atoms with Crippen molar-refractivity contribution in [1.29, 1.82) is 0 Å². The largest absolute Gasteiger partial charge is 0.459 e. The fourth-order valence-corrected chi connectivity index (χ4v) is 1.06. The van der Waals surface area contributed by atoms with Crippen LogP contribution in [0.3, 0.4) is 0 Å². The molecule has 4 nitrogen and oxygen atoms in total. The minimum atomic E-state index is -0.711. The number of carbonyl (C=O) groups is 2. The second-order valence-corrected chi connectivity index (χ2v) is 3.15. The van der Waals surface area contributed by atoms with Crippen molar-refractivity contribution >= 4 is 12.3 Å². The van der Waals surface area contributed by atoms with Gasteiger partial charge in [-0.1, -0.05) is 18.2 Å². The summed E-state index contributed by atoms with van der Waals surface area (Å²) < 4.78 is 4.78. The molecule has 0 spiro atoms. The molecule has 0 aliphatic heterocycles. The van der Waals surface area contributed by atoms with E-state index < -0.39 is 12.1 Å². The zero-order valence-electron chi connectivity index (χ0n) is 8.34. The molecule has 0 aromatic heterocycles. The normalized spacial score (nSPS) is 11.9. The van der Waals surface area contributed by atoms with Gasteiger partial charge in [-0.2, -0.15) is 0 Å². The molecule has 1 N–H and O–H groups in total. The van der Waals surface area contributed by atoms with E-state index in [1.54, 1.807) is 12.1 Å². The number of hydrogen-bond acceptors (Lipinski definition) is 4. The molecule has 0 saturated heterocycles. The van der Waals surface area contributed by atoms with Crippen LogP contribution >= 0.6 is 0 Å². The van der Waals surface area contributed by atoms with Crippen LogP contribution in [0.4, 0.5) is 0 Å². The third-order valence-electron chi connectivity index (χ3n) is 1.76. The second-order valence-electron chi connectivity index (χ2n) is 3.15. The molecule has 0 aliphatic rings. The predicted molar refractivity (Wildman–Crippen MR) is 53.8 cm³/mol. The number of hydrogen-bond donors (Lipinski definition) is 1. The monoisotopic (exact) mass is 208 g/mol. The van der Waals surface area contributed by atoms with Crippen LogP contribution in [-0.2, 0) is 4.74 Å². The van der Waals surface area contributed by atoms with Crippen molar-refractivity contribution in [2.75, 3.05) is 6.61 Å². The van der Waals surface area contributed by atoms with Gasteiger partial charge in [-0.15, -0.1) is 0 Å². The molecule has 1 unspecified atom stereocenters. The van der Waals surface area contributed by atoms with Gasteiger partial charge >= 0.3 is 5.97 Å². The average molecular weight is 208 g/mol. The zero-order valence-corrected chi connectivity index (χ0v) is 8.34. The molecular formula is C11H12O4. The second kappa shape index (κ2) is 5.26. The molecule has 1 atom stereocenters. The number of aliphatic hydroxyl groups is 1. The highest BCUT2D eigenvalue weighted by Crippen LogP contribution is 2.07. The van der Waals surface area contributed by atoms with E-state index in [1.807, 2.05) is 0 Å². The maximum Gasteiger partial charge on any atom is 0.338 e. The molecule has 0 heterocycles. The number of ether oxygens (including phenoxy) is 1. The van der Waals surface area contributed by atoms with E-state index >= 15 is 0 Å². The van der Waals surface area contributed by atoms with Gasteiger partial charge < -0.3 is 9.84 Å². The van der Waals surface area contributed by atoms with Crippen LogP contribution in [0, 0.1) is 0 Å². The maximum atomic E-state index is 11.4. The average Bonchev–Trinajstić information content (AvgIpc) is 2.25. The Hall–Kier alpha value is -1.68. The Bertz CT molecular complexity index is 357. The number of aliphatic hydroxyl groups excluding tert-OH is 1. The third-order valence-corrected chi connectivity index (χ3v) is 1.76. The first-order valence-electron chi connectivity index (χ1n) is 4.54. The first-order valence-corrected chi connectivity index (χ1v) is 4.54. The molecule has 4 heteroatoms. The summed E-state index contributed by atoms with van der Waals surface area (Å²) in [7, 11) is 0. The van der Waals surface area contributed by atoms with Crippen LogP contribution < -0.4 is 0 Å². The Kier molecular flexibility index (Phi) is 4.00. The minimum Gasteiger partial charge on any atom is -0.459 e. The topological polar surface area (TPSA) is 63.6 Å². The van der Waals surface area contributed by atoms with E-state index in [0.29, 0.717) is 6.29 Å². The van der Waals surface area contributed by atoms with Crippen LogP contribution in [0.5, 0.6) is 0 Å². The Morgan fingerprint density at radius 1 is 1.53 bits per heavy atom. The SMILES string of the molecule is CC(O)COC(=O)c1ccccc1C=O. The van der Waals surface area contributed by atoms with E-state index in [1.165, 1.54) is 19.1 Å². The molecule has 1 aromatic carbocycles. The standard InChI is InChI=1S/C11H12O4/c1-8(13)7-15-11(14)10-5-3-2-4-9(10)6-12/h2-6,8,13H,7H2,1H3. The van der Waals surface area contributed by atoms with Gasteiger partial charge in [0.25, 0.3) is 0 Å². The summed E-state index contributed by atoms with van der Waals surface area (Å²) in [6, 6.07) is 6.35. The number of aldehydes is 1. The number of rotatable bonds is 4. The summed E-state index contributed by atoms with van der Waals surface area (Å²) in [5.74, 6) is -0.599. The minimum absolute atomic E-state index is 0.0774. The molecule has 1 aromatic rings. The highest BCUT2D eigenvalue weighted by atomic mass is 16.5. The van der Waals surface area contributed by atoms with Crippen LogP contribution in [0.15, 0.2) is 24.3 Å². The molecule has 0 aliphatic carbocycles. The summed E-state index contributed by atoms with van der Waals surface area (Å²) in [6.07, 6.45) is -0.115. The van der Waals surface area contributed by atoms with Gasteiger partial charge in [0.05, 0.1) is 11.7 Å². The molecular weight excluding hydrogens is 196 g/mol. The van der Waals surface area contributed by atoms with E-state index in [2.05, 4.69) is 0 Å². The van der Waals surface area contributed by atoms with Gasteiger partial charge in [-0.25, -0.2) is 4.79 Å². The molecule has 0 amide bonds. The van der Waals surface area contributed by atoms with Crippen molar-refractivity contribution in [2.24, 2.45) is 0 Å². The fourth-order valence-electron chi connectivity index (χ4n) is 1.06. The zero-order chi connectivity index (χ0) is 11.3. The van der Waals surface area contributed by atoms with Crippen molar-refractivity contribution in [3.63, 3.8) is 0 Å². The first-order chi connectivity index (χ1) is 7.15. The van der Waals surface area contributed by atoms with Crippen LogP contribution in [0.1, 0.15) is 27.6 Å². The first kappa shape index (κ1) is 11.4. The van der Waals surface area contributed by atoms with Crippen LogP contribution in [0.25, 0.3) is 0 Å². The summed E-state index contributed by atoms with van der Waals surface area (Å²) >= 11 is 0. The summed E-state index contributed by atoms with van der Waals surface area (Å²) in [6.45, 7) is 1.44. The van der Waals surface area contributed by atoms with Crippen LogP contribution in [-0.4, -0.2) is 30.1 Å². The lowest BCUT2D eigenvalue weighted by atomic mass is 10.1. The lowest BCUT2D eigenvalue weighted by Crippen LogP contribution is -2.16. The van der Waals surface area contributed by atoms with Gasteiger partial charge in [0.1, 0.15) is 6.61 Å². The quantitative estimate of drug-likeness (QED) is 0.593. The fraction of sp³-hybridized carbons (Fsp3) is 0.273.